The molecule has 2 aromatic heterocycles. The van der Waals surface area contributed by atoms with Crippen molar-refractivity contribution in [1.82, 2.24) is 29.7 Å². The van der Waals surface area contributed by atoms with E-state index in [1.165, 1.54) is 11.7 Å². The fourth-order valence-electron chi connectivity index (χ4n) is 5.24. The van der Waals surface area contributed by atoms with Gasteiger partial charge < -0.3 is 30.6 Å². The number of carbonyl (C=O) groups excluding carboxylic acids is 2. The Morgan fingerprint density at radius 1 is 1.19 bits per heavy atom. The lowest BCUT2D eigenvalue weighted by molar-refractivity contribution is -0.139. The summed E-state index contributed by atoms with van der Waals surface area (Å²) in [7, 11) is 1.35. The van der Waals surface area contributed by atoms with E-state index in [4.69, 9.17) is 15.2 Å². The maximum Gasteiger partial charge on any atom is 0.328 e. The van der Waals surface area contributed by atoms with E-state index < -0.39 is 23.9 Å². The van der Waals surface area contributed by atoms with E-state index >= 15 is 0 Å². The van der Waals surface area contributed by atoms with Crippen LogP contribution in [0.4, 0.5) is 5.82 Å². The summed E-state index contributed by atoms with van der Waals surface area (Å²) in [6.07, 6.45) is 2.88. The number of imidazole rings is 1. The van der Waals surface area contributed by atoms with Gasteiger partial charge in [-0.05, 0) is 30.4 Å². The van der Waals surface area contributed by atoms with Crippen LogP contribution in [-0.4, -0.2) is 80.4 Å². The fourth-order valence-corrected chi connectivity index (χ4v) is 5.24. The second kappa shape index (κ2) is 14.3. The molecule has 13 nitrogen and oxygen atoms in total. The number of nitrogens with zero attached hydrogens (tertiary/aromatic N) is 4. The largest absolute Gasteiger partial charge is 0.469 e. The Bertz CT molecular complexity index is 1420. The van der Waals surface area contributed by atoms with Gasteiger partial charge in [0.15, 0.2) is 11.5 Å². The maximum atomic E-state index is 13.4. The molecular formula is C29H41N7O6. The first-order valence-electron chi connectivity index (χ1n) is 14.5. The molecule has 3 atom stereocenters. The lowest BCUT2D eigenvalue weighted by Crippen LogP contribution is -2.54. The number of piperidine rings is 1. The molecule has 0 aliphatic carbocycles. The van der Waals surface area contributed by atoms with Crippen molar-refractivity contribution in [2.45, 2.75) is 77.1 Å². The molecular weight excluding hydrogens is 542 g/mol. The number of rotatable bonds is 13. The molecule has 4 rings (SSSR count). The summed E-state index contributed by atoms with van der Waals surface area (Å²) in [6, 6.07) is 6.40. The first-order valence-corrected chi connectivity index (χ1v) is 14.5. The molecule has 0 spiro atoms. The monoisotopic (exact) mass is 583 g/mol. The van der Waals surface area contributed by atoms with Crippen molar-refractivity contribution in [2.24, 2.45) is 0 Å². The van der Waals surface area contributed by atoms with Crippen LogP contribution in [0.15, 0.2) is 29.1 Å². The Morgan fingerprint density at radius 3 is 2.62 bits per heavy atom. The Labute approximate surface area is 244 Å². The van der Waals surface area contributed by atoms with E-state index in [0.29, 0.717) is 32.5 Å². The number of benzene rings is 1. The third kappa shape index (κ3) is 7.26. The number of unbranched alkanes of at least 4 members (excludes halogenated alkanes) is 1. The minimum atomic E-state index is -0.826. The molecule has 0 saturated carbocycles. The highest BCUT2D eigenvalue weighted by molar-refractivity contribution is 5.82. The number of nitrogens with two attached hydrogens (primary N) is 1. The molecule has 0 radical (unpaired) electrons. The van der Waals surface area contributed by atoms with Gasteiger partial charge in [0.1, 0.15) is 5.52 Å². The number of H-pyrrole nitrogens is 1. The SMILES string of the molecule is CCCCOc1nc(N)c2[nH]c(=O)n(C3CN(C(CCC)C(=O)NCc4ccc(CC(=O)OC)cc4)CCC3O)c2n1. The number of nitrogens with one attached hydrogen (secondary N) is 2. The number of methoxy groups -OCH3 is 1. The number of carbonyl (C=O) groups is 2. The number of likely N-dealkylation sites (tertiary alicyclic amines) is 1. The van der Waals surface area contributed by atoms with Gasteiger partial charge in [0.25, 0.3) is 0 Å². The van der Waals surface area contributed by atoms with Gasteiger partial charge in [0, 0.05) is 19.6 Å². The van der Waals surface area contributed by atoms with Crippen molar-refractivity contribution in [3.8, 4) is 6.01 Å². The number of fused-ring (bicyclic) bond motifs is 1. The van der Waals surface area contributed by atoms with Crippen LogP contribution in [0.1, 0.15) is 63.1 Å². The first-order chi connectivity index (χ1) is 20.2. The highest BCUT2D eigenvalue weighted by Crippen LogP contribution is 2.28. The zero-order valence-corrected chi connectivity index (χ0v) is 24.5. The molecule has 228 valence electrons. The lowest BCUT2D eigenvalue weighted by Gasteiger charge is -2.40. The zero-order chi connectivity index (χ0) is 30.2. The number of esters is 1. The average molecular weight is 584 g/mol. The molecule has 3 unspecified atom stereocenters. The summed E-state index contributed by atoms with van der Waals surface area (Å²) in [5, 5.41) is 14.0. The van der Waals surface area contributed by atoms with E-state index in [9.17, 15) is 19.5 Å². The number of nitrogen functional groups attached to an aromatic ring is 1. The summed E-state index contributed by atoms with van der Waals surface area (Å²) in [4.78, 5) is 51.4. The van der Waals surface area contributed by atoms with Crippen LogP contribution >= 0.6 is 0 Å². The fraction of sp³-hybridized carbons (Fsp3) is 0.552. The second-order valence-electron chi connectivity index (χ2n) is 10.6. The number of ether oxygens (including phenoxy) is 2. The molecule has 13 heteroatoms. The molecule has 1 saturated heterocycles. The van der Waals surface area contributed by atoms with Gasteiger partial charge in [-0.3, -0.25) is 19.1 Å². The smallest absolute Gasteiger partial charge is 0.328 e. The molecule has 1 aliphatic heterocycles. The lowest BCUT2D eigenvalue weighted by atomic mass is 9.98. The van der Waals surface area contributed by atoms with E-state index in [0.717, 1.165) is 30.4 Å². The highest BCUT2D eigenvalue weighted by atomic mass is 16.5. The van der Waals surface area contributed by atoms with E-state index in [2.05, 4.69) is 20.3 Å². The van der Waals surface area contributed by atoms with Crippen LogP contribution in [0.5, 0.6) is 6.01 Å². The molecule has 5 N–H and O–H groups in total. The van der Waals surface area contributed by atoms with Gasteiger partial charge in [0.05, 0.1) is 38.3 Å². The minimum absolute atomic E-state index is 0.0740. The van der Waals surface area contributed by atoms with Crippen molar-refractivity contribution in [3.63, 3.8) is 0 Å². The number of aromatic amines is 1. The Balaban J connectivity index is 1.50. The van der Waals surface area contributed by atoms with Crippen molar-refractivity contribution in [2.75, 3.05) is 32.5 Å². The first kappa shape index (κ1) is 31.0. The van der Waals surface area contributed by atoms with E-state index in [1.54, 1.807) is 0 Å². The molecule has 42 heavy (non-hydrogen) atoms. The molecule has 1 fully saturated rings. The summed E-state index contributed by atoms with van der Waals surface area (Å²) in [5.41, 5.74) is 7.93. The van der Waals surface area contributed by atoms with Crippen molar-refractivity contribution in [3.05, 3.63) is 45.9 Å². The standard InChI is InChI=1S/C29H41N7O6/c1-4-6-14-42-28-33-25(30)24-26(34-28)36(29(40)32-24)21-17-35(13-12-22(21)37)20(7-5-2)27(39)31-16-19-10-8-18(9-11-19)15-23(38)41-3/h8-11,20-22,37H,4-7,12-17H2,1-3H3,(H,31,39)(H,32,40)(H2,30,33,34). The summed E-state index contributed by atoms with van der Waals surface area (Å²) in [6.45, 7) is 5.57. The van der Waals surface area contributed by atoms with Gasteiger partial charge >= 0.3 is 17.7 Å². The van der Waals surface area contributed by atoms with Crippen molar-refractivity contribution < 1.29 is 24.2 Å². The Kier molecular flexibility index (Phi) is 10.5. The number of amides is 1. The van der Waals surface area contributed by atoms with Gasteiger partial charge in [-0.15, -0.1) is 0 Å². The van der Waals surface area contributed by atoms with Crippen LogP contribution in [0.25, 0.3) is 11.2 Å². The van der Waals surface area contributed by atoms with Gasteiger partial charge in [0.2, 0.25) is 5.91 Å². The summed E-state index contributed by atoms with van der Waals surface area (Å²) < 4.78 is 11.8. The zero-order valence-electron chi connectivity index (χ0n) is 24.5. The van der Waals surface area contributed by atoms with Gasteiger partial charge in [-0.1, -0.05) is 51.0 Å². The number of hydrogen-bond donors (Lipinski definition) is 4. The Hall–Kier alpha value is -3.97. The van der Waals surface area contributed by atoms with E-state index in [-0.39, 0.29) is 47.8 Å². The van der Waals surface area contributed by atoms with Crippen LogP contribution in [0.2, 0.25) is 0 Å². The third-order valence-electron chi connectivity index (χ3n) is 7.59. The van der Waals surface area contributed by atoms with Crippen molar-refractivity contribution >= 4 is 28.9 Å². The number of anilines is 1. The predicted molar refractivity (Wildman–Crippen MR) is 157 cm³/mol. The van der Waals surface area contributed by atoms with Crippen molar-refractivity contribution in [1.29, 1.82) is 0 Å². The average Bonchev–Trinajstić information content (AvgIpc) is 3.32. The molecule has 1 aromatic carbocycles. The second-order valence-corrected chi connectivity index (χ2v) is 10.6. The van der Waals surface area contributed by atoms with Crippen LogP contribution in [-0.2, 0) is 27.3 Å². The van der Waals surface area contributed by atoms with Gasteiger partial charge in [-0.25, -0.2) is 4.79 Å². The maximum absolute atomic E-state index is 13.4. The topological polar surface area (TPSA) is 178 Å². The van der Waals surface area contributed by atoms with Crippen LogP contribution in [0, 0.1) is 0 Å². The minimum Gasteiger partial charge on any atom is -0.469 e. The normalized spacial score (nSPS) is 18.1. The molecule has 3 aromatic rings. The van der Waals surface area contributed by atoms with Gasteiger partial charge in [-0.2, -0.15) is 9.97 Å². The summed E-state index contributed by atoms with van der Waals surface area (Å²) in [5.74, 6) is -0.351. The van der Waals surface area contributed by atoms with E-state index in [1.807, 2.05) is 43.0 Å². The molecule has 0 bridgehead atoms. The predicted octanol–water partition coefficient (Wildman–Crippen LogP) is 1.69. The molecule has 3 heterocycles. The number of hydrogen-bond acceptors (Lipinski definition) is 10. The quantitative estimate of drug-likeness (QED) is 0.171. The third-order valence-corrected chi connectivity index (χ3v) is 7.59. The summed E-state index contributed by atoms with van der Waals surface area (Å²) >= 11 is 0. The number of aliphatic hydroxyl groups excluding tert-OH is 1. The number of aliphatic hydroxyl groups is 1. The molecule has 1 aliphatic rings. The Morgan fingerprint density at radius 2 is 1.93 bits per heavy atom. The van der Waals surface area contributed by atoms with Crippen LogP contribution < -0.4 is 21.5 Å². The highest BCUT2D eigenvalue weighted by Gasteiger charge is 2.37. The number of aromatic nitrogens is 4. The molecule has 1 amide bonds. The van der Waals surface area contributed by atoms with Crippen LogP contribution in [0.3, 0.4) is 0 Å².